The number of pyridine rings is 1. The molecule has 0 aliphatic heterocycles. The number of carbonyl (C=O) groups is 1. The second-order valence-electron chi connectivity index (χ2n) is 6.00. The number of aryl methyl sites for hydroxylation is 2. The molecule has 1 atom stereocenters. The molecule has 2 heterocycles. The zero-order valence-corrected chi connectivity index (χ0v) is 15.3. The zero-order chi connectivity index (χ0) is 17.7. The highest BCUT2D eigenvalue weighted by Gasteiger charge is 2.16. The molecular weight excluding hydrogens is 324 g/mol. The number of urea groups is 1. The Morgan fingerprint density at radius 1 is 1.33 bits per heavy atom. The van der Waals surface area contributed by atoms with Crippen LogP contribution in [0.25, 0.3) is 0 Å². The van der Waals surface area contributed by atoms with Crippen LogP contribution >= 0.6 is 11.3 Å². The number of aromatic nitrogens is 1. The van der Waals surface area contributed by atoms with Gasteiger partial charge in [0.15, 0.2) is 0 Å². The fraction of sp³-hybridized carbons (Fsp3) is 0.412. The van der Waals surface area contributed by atoms with Gasteiger partial charge in [0.25, 0.3) is 5.56 Å². The van der Waals surface area contributed by atoms with Crippen LogP contribution in [0.3, 0.4) is 0 Å². The largest absolute Gasteiger partial charge is 0.336 e. The summed E-state index contributed by atoms with van der Waals surface area (Å²) in [6.45, 7) is 4.42. The molecule has 2 rings (SSSR count). The standard InChI is InChI=1S/C17H24N4O2S/c1-11-8-12(2)20-16(22)13(11)9-18-17(23)19-10-14(21(3)4)15-6-5-7-24-15/h5-8,14H,9-10H2,1-4H3,(H,20,22)(H2,18,19,23)/t14-/m0/s1. The highest BCUT2D eigenvalue weighted by atomic mass is 32.1. The van der Waals surface area contributed by atoms with Crippen LogP contribution in [0.15, 0.2) is 28.4 Å². The van der Waals surface area contributed by atoms with Gasteiger partial charge in [-0.05, 0) is 51.0 Å². The molecule has 0 unspecified atom stereocenters. The molecule has 2 aromatic heterocycles. The van der Waals surface area contributed by atoms with Crippen LogP contribution in [0.5, 0.6) is 0 Å². The van der Waals surface area contributed by atoms with E-state index in [0.717, 1.165) is 11.3 Å². The molecule has 0 aliphatic carbocycles. The number of carbonyl (C=O) groups excluding carboxylic acids is 1. The summed E-state index contributed by atoms with van der Waals surface area (Å²) < 4.78 is 0. The van der Waals surface area contributed by atoms with E-state index < -0.39 is 0 Å². The van der Waals surface area contributed by atoms with Gasteiger partial charge in [-0.15, -0.1) is 11.3 Å². The Hall–Kier alpha value is -2.12. The van der Waals surface area contributed by atoms with E-state index in [1.54, 1.807) is 11.3 Å². The second-order valence-corrected chi connectivity index (χ2v) is 6.98. The Morgan fingerprint density at radius 3 is 2.67 bits per heavy atom. The molecule has 0 aliphatic rings. The Kier molecular flexibility index (Phi) is 6.16. The van der Waals surface area contributed by atoms with Crippen LogP contribution in [0.1, 0.15) is 27.7 Å². The number of amides is 2. The maximum absolute atomic E-state index is 12.1. The van der Waals surface area contributed by atoms with Crippen LogP contribution < -0.4 is 16.2 Å². The SMILES string of the molecule is Cc1cc(C)c(CNC(=O)NC[C@@H](c2cccs2)N(C)C)c(=O)[nH]1. The molecule has 0 spiro atoms. The highest BCUT2D eigenvalue weighted by Crippen LogP contribution is 2.22. The quantitative estimate of drug-likeness (QED) is 0.749. The first-order valence-corrected chi connectivity index (χ1v) is 8.67. The number of hydrogen-bond donors (Lipinski definition) is 3. The summed E-state index contributed by atoms with van der Waals surface area (Å²) >= 11 is 1.67. The summed E-state index contributed by atoms with van der Waals surface area (Å²) in [6, 6.07) is 5.81. The fourth-order valence-electron chi connectivity index (χ4n) is 2.54. The molecule has 24 heavy (non-hydrogen) atoms. The summed E-state index contributed by atoms with van der Waals surface area (Å²) in [5.74, 6) is 0. The number of rotatable bonds is 6. The van der Waals surface area contributed by atoms with Crippen LogP contribution in [0.2, 0.25) is 0 Å². The fourth-order valence-corrected chi connectivity index (χ4v) is 3.46. The van der Waals surface area contributed by atoms with Gasteiger partial charge in [-0.1, -0.05) is 6.07 Å². The molecule has 7 heteroatoms. The van der Waals surface area contributed by atoms with Crippen molar-refractivity contribution in [3.05, 3.63) is 55.6 Å². The van der Waals surface area contributed by atoms with Gasteiger partial charge in [-0.3, -0.25) is 4.79 Å². The van der Waals surface area contributed by atoms with Crippen LogP contribution in [0.4, 0.5) is 4.79 Å². The van der Waals surface area contributed by atoms with E-state index in [9.17, 15) is 9.59 Å². The molecular formula is C17H24N4O2S. The molecule has 0 bridgehead atoms. The van der Waals surface area contributed by atoms with Gasteiger partial charge in [0.2, 0.25) is 0 Å². The highest BCUT2D eigenvalue weighted by molar-refractivity contribution is 7.10. The number of thiophene rings is 1. The van der Waals surface area contributed by atoms with Crippen molar-refractivity contribution in [2.45, 2.75) is 26.4 Å². The van der Waals surface area contributed by atoms with Crippen LogP contribution in [0, 0.1) is 13.8 Å². The predicted molar refractivity (Wildman–Crippen MR) is 97.5 cm³/mol. The third-order valence-corrected chi connectivity index (χ3v) is 4.84. The number of nitrogens with one attached hydrogen (secondary N) is 3. The monoisotopic (exact) mass is 348 g/mol. The molecule has 0 aromatic carbocycles. The summed E-state index contributed by atoms with van der Waals surface area (Å²) in [7, 11) is 3.97. The van der Waals surface area contributed by atoms with Crippen molar-refractivity contribution in [1.29, 1.82) is 0 Å². The number of hydrogen-bond acceptors (Lipinski definition) is 4. The third-order valence-electron chi connectivity index (χ3n) is 3.87. The second kappa shape index (κ2) is 8.12. The first-order chi connectivity index (χ1) is 11.4. The minimum atomic E-state index is -0.280. The van der Waals surface area contributed by atoms with E-state index >= 15 is 0 Å². The number of aromatic amines is 1. The average Bonchev–Trinajstić information content (AvgIpc) is 3.00. The van der Waals surface area contributed by atoms with E-state index in [1.165, 1.54) is 4.88 Å². The lowest BCUT2D eigenvalue weighted by molar-refractivity contribution is 0.233. The van der Waals surface area contributed by atoms with Crippen LogP contribution in [-0.2, 0) is 6.54 Å². The van der Waals surface area contributed by atoms with Gasteiger partial charge in [-0.25, -0.2) is 4.79 Å². The summed E-state index contributed by atoms with van der Waals surface area (Å²) in [6.07, 6.45) is 0. The van der Waals surface area contributed by atoms with E-state index in [2.05, 4.69) is 26.6 Å². The summed E-state index contributed by atoms with van der Waals surface area (Å²) in [4.78, 5) is 30.0. The Balaban J connectivity index is 1.91. The molecule has 0 radical (unpaired) electrons. The number of nitrogens with zero attached hydrogens (tertiary/aromatic N) is 1. The normalized spacial score (nSPS) is 12.2. The first-order valence-electron chi connectivity index (χ1n) is 7.79. The topological polar surface area (TPSA) is 77.2 Å². The Labute approximate surface area is 145 Å². The van der Waals surface area contributed by atoms with E-state index in [0.29, 0.717) is 12.1 Å². The molecule has 130 valence electrons. The summed E-state index contributed by atoms with van der Waals surface area (Å²) in [5, 5.41) is 7.66. The Morgan fingerprint density at radius 2 is 2.08 bits per heavy atom. The molecule has 0 saturated carbocycles. The van der Waals surface area contributed by atoms with Gasteiger partial charge in [-0.2, -0.15) is 0 Å². The van der Waals surface area contributed by atoms with E-state index in [4.69, 9.17) is 0 Å². The van der Waals surface area contributed by atoms with Crippen molar-refractivity contribution >= 4 is 17.4 Å². The molecule has 2 aromatic rings. The molecule has 2 amide bonds. The van der Waals surface area contributed by atoms with Gasteiger partial charge in [0.1, 0.15) is 0 Å². The van der Waals surface area contributed by atoms with E-state index in [-0.39, 0.29) is 24.2 Å². The van der Waals surface area contributed by atoms with Crippen molar-refractivity contribution in [1.82, 2.24) is 20.5 Å². The lowest BCUT2D eigenvalue weighted by atomic mass is 10.1. The number of likely N-dealkylation sites (N-methyl/N-ethyl adjacent to an activating group) is 1. The molecule has 0 fully saturated rings. The molecule has 3 N–H and O–H groups in total. The lowest BCUT2D eigenvalue weighted by Gasteiger charge is -2.23. The molecule has 6 nitrogen and oxygen atoms in total. The molecule has 0 saturated heterocycles. The van der Waals surface area contributed by atoms with Gasteiger partial charge >= 0.3 is 6.03 Å². The third kappa shape index (κ3) is 4.69. The average molecular weight is 348 g/mol. The minimum Gasteiger partial charge on any atom is -0.336 e. The lowest BCUT2D eigenvalue weighted by Crippen LogP contribution is -2.40. The number of H-pyrrole nitrogens is 1. The predicted octanol–water partition coefficient (Wildman–Crippen LogP) is 2.16. The van der Waals surface area contributed by atoms with Crippen LogP contribution in [-0.4, -0.2) is 36.6 Å². The van der Waals surface area contributed by atoms with Crippen molar-refractivity contribution in [2.24, 2.45) is 0 Å². The maximum Gasteiger partial charge on any atom is 0.315 e. The Bertz CT molecular complexity index is 738. The van der Waals surface area contributed by atoms with Gasteiger partial charge in [0.05, 0.1) is 12.6 Å². The van der Waals surface area contributed by atoms with E-state index in [1.807, 2.05) is 45.5 Å². The minimum absolute atomic E-state index is 0.125. The van der Waals surface area contributed by atoms with Crippen molar-refractivity contribution in [3.63, 3.8) is 0 Å². The maximum atomic E-state index is 12.1. The summed E-state index contributed by atoms with van der Waals surface area (Å²) in [5.41, 5.74) is 2.12. The van der Waals surface area contributed by atoms with Gasteiger partial charge < -0.3 is 20.5 Å². The van der Waals surface area contributed by atoms with Gasteiger partial charge in [0, 0.05) is 22.7 Å². The van der Waals surface area contributed by atoms with Crippen molar-refractivity contribution < 1.29 is 4.79 Å². The van der Waals surface area contributed by atoms with Crippen molar-refractivity contribution in [2.75, 3.05) is 20.6 Å². The zero-order valence-electron chi connectivity index (χ0n) is 14.5. The van der Waals surface area contributed by atoms with Crippen molar-refractivity contribution in [3.8, 4) is 0 Å². The first kappa shape index (κ1) is 18.2. The smallest absolute Gasteiger partial charge is 0.315 e.